The van der Waals surface area contributed by atoms with E-state index in [1.165, 1.54) is 6.20 Å². The number of carbonyl (C=O) groups excluding carboxylic acids is 1. The average molecular weight is 475 g/mol. The summed E-state index contributed by atoms with van der Waals surface area (Å²) in [4.78, 5) is 22.8. The van der Waals surface area contributed by atoms with E-state index in [1.807, 2.05) is 30.1 Å². The molecule has 0 unspecified atom stereocenters. The molecule has 4 rings (SSSR count). The molecule has 1 amide bonds. The van der Waals surface area contributed by atoms with Crippen molar-refractivity contribution in [3.63, 3.8) is 0 Å². The quantitative estimate of drug-likeness (QED) is 0.447. The molecule has 0 bridgehead atoms. The molecule has 0 spiro atoms. The Morgan fingerprint density at radius 3 is 2.86 bits per heavy atom. The third-order valence-corrected chi connectivity index (χ3v) is 5.44. The summed E-state index contributed by atoms with van der Waals surface area (Å²) in [6.07, 6.45) is 3.25. The Bertz CT molecular complexity index is 1290. The van der Waals surface area contributed by atoms with Gasteiger partial charge in [-0.15, -0.1) is 0 Å². The van der Waals surface area contributed by atoms with Crippen LogP contribution in [-0.2, 0) is 6.42 Å². The highest BCUT2D eigenvalue weighted by atomic mass is 19.1. The van der Waals surface area contributed by atoms with Crippen LogP contribution in [0.3, 0.4) is 0 Å². The van der Waals surface area contributed by atoms with Crippen LogP contribution in [-0.4, -0.2) is 52.8 Å². The molecule has 3 heterocycles. The summed E-state index contributed by atoms with van der Waals surface area (Å²) >= 11 is 0. The van der Waals surface area contributed by atoms with Crippen molar-refractivity contribution >= 4 is 11.6 Å². The summed E-state index contributed by atoms with van der Waals surface area (Å²) in [7, 11) is 1.92. The molecular weight excluding hydrogens is 447 g/mol. The van der Waals surface area contributed by atoms with E-state index in [4.69, 9.17) is 4.74 Å². The minimum Gasteiger partial charge on any atom is -0.489 e. The van der Waals surface area contributed by atoms with Crippen LogP contribution >= 0.6 is 0 Å². The van der Waals surface area contributed by atoms with Gasteiger partial charge in [-0.2, -0.15) is 4.39 Å². The minimum absolute atomic E-state index is 0.250. The molecule has 0 saturated carbocycles. The molecule has 8 heteroatoms. The molecule has 180 valence electrons. The van der Waals surface area contributed by atoms with Gasteiger partial charge >= 0.3 is 0 Å². The number of halogens is 1. The molecular formula is C27H27FN4O3. The summed E-state index contributed by atoms with van der Waals surface area (Å²) in [5.74, 6) is 5.62. The molecule has 1 aliphatic heterocycles. The van der Waals surface area contributed by atoms with Crippen LogP contribution in [0.2, 0.25) is 0 Å². The van der Waals surface area contributed by atoms with Crippen molar-refractivity contribution in [3.8, 4) is 17.6 Å². The first-order valence-electron chi connectivity index (χ1n) is 11.3. The largest absolute Gasteiger partial charge is 0.489 e. The predicted octanol–water partition coefficient (Wildman–Crippen LogP) is 2.96. The third kappa shape index (κ3) is 6.34. The summed E-state index contributed by atoms with van der Waals surface area (Å²) in [6, 6.07) is 12.1. The lowest BCUT2D eigenvalue weighted by atomic mass is 10.1. The molecule has 0 fully saturated rings. The Balaban J connectivity index is 1.44. The van der Waals surface area contributed by atoms with E-state index in [0.717, 1.165) is 16.8 Å². The maximum absolute atomic E-state index is 13.9. The van der Waals surface area contributed by atoms with E-state index in [9.17, 15) is 14.3 Å². The van der Waals surface area contributed by atoms with Crippen molar-refractivity contribution < 1.29 is 19.0 Å². The van der Waals surface area contributed by atoms with Gasteiger partial charge < -0.3 is 20.1 Å². The van der Waals surface area contributed by atoms with Crippen molar-refractivity contribution in [2.24, 2.45) is 0 Å². The van der Waals surface area contributed by atoms with Crippen LogP contribution in [0, 0.1) is 17.8 Å². The lowest BCUT2D eigenvalue weighted by Gasteiger charge is -2.22. The number of hydrogen-bond acceptors (Lipinski definition) is 6. The van der Waals surface area contributed by atoms with Gasteiger partial charge in [0.15, 0.2) is 0 Å². The molecule has 7 nitrogen and oxygen atoms in total. The van der Waals surface area contributed by atoms with Crippen molar-refractivity contribution in [2.45, 2.75) is 31.9 Å². The van der Waals surface area contributed by atoms with Gasteiger partial charge in [0.25, 0.3) is 5.91 Å². The smallest absolute Gasteiger partial charge is 0.270 e. The first kappa shape index (κ1) is 24.2. The number of benzene rings is 1. The zero-order chi connectivity index (χ0) is 25.0. The van der Waals surface area contributed by atoms with Crippen LogP contribution in [0.15, 0.2) is 54.9 Å². The molecule has 2 aromatic heterocycles. The number of anilines is 1. The number of aromatic nitrogens is 2. The van der Waals surface area contributed by atoms with Gasteiger partial charge in [0.2, 0.25) is 5.95 Å². The number of rotatable bonds is 4. The summed E-state index contributed by atoms with van der Waals surface area (Å²) in [5, 5.41) is 12.8. The van der Waals surface area contributed by atoms with Gasteiger partial charge in [0, 0.05) is 43.5 Å². The van der Waals surface area contributed by atoms with E-state index >= 15 is 0 Å². The Kier molecular flexibility index (Phi) is 6.99. The number of pyridine rings is 2. The average Bonchev–Trinajstić information content (AvgIpc) is 2.97. The maximum Gasteiger partial charge on any atom is 0.270 e. The van der Waals surface area contributed by atoms with E-state index < -0.39 is 11.5 Å². The number of hydrogen-bond donors (Lipinski definition) is 2. The number of nitrogens with one attached hydrogen (secondary N) is 1. The fourth-order valence-corrected chi connectivity index (χ4v) is 3.74. The zero-order valence-electron chi connectivity index (χ0n) is 19.9. The van der Waals surface area contributed by atoms with Crippen LogP contribution in [0.25, 0.3) is 0 Å². The maximum atomic E-state index is 13.9. The Labute approximate surface area is 204 Å². The number of amides is 1. The molecule has 0 radical (unpaired) electrons. The van der Waals surface area contributed by atoms with Crippen LogP contribution in [0.1, 0.15) is 41.0 Å². The van der Waals surface area contributed by atoms with Gasteiger partial charge in [0.1, 0.15) is 23.7 Å². The Morgan fingerprint density at radius 2 is 2.09 bits per heavy atom. The number of likely N-dealkylation sites (N-methyl/N-ethyl adjacent to an activating group) is 1. The van der Waals surface area contributed by atoms with E-state index in [1.54, 1.807) is 44.3 Å². The first-order valence-corrected chi connectivity index (χ1v) is 11.3. The molecule has 35 heavy (non-hydrogen) atoms. The lowest BCUT2D eigenvalue weighted by Crippen LogP contribution is -2.45. The SMILES string of the molecule is CN1C[C@@H](NC(=O)c2cc(Cc3cccnc3F)ccn2)COc2ccc(C#CC(C)(C)O)cc21. The van der Waals surface area contributed by atoms with Gasteiger partial charge in [-0.1, -0.05) is 17.9 Å². The van der Waals surface area contributed by atoms with E-state index in [-0.39, 0.29) is 17.6 Å². The summed E-state index contributed by atoms with van der Waals surface area (Å²) < 4.78 is 19.9. The minimum atomic E-state index is -1.08. The number of fused-ring (bicyclic) bond motifs is 1. The highest BCUT2D eigenvalue weighted by molar-refractivity contribution is 5.92. The summed E-state index contributed by atoms with van der Waals surface area (Å²) in [6.45, 7) is 4.07. The monoisotopic (exact) mass is 474 g/mol. The topological polar surface area (TPSA) is 87.6 Å². The van der Waals surface area contributed by atoms with Crippen LogP contribution < -0.4 is 15.0 Å². The standard InChI is InChI=1S/C27H27FN4O3/c1-27(2,34)10-8-18-6-7-24-23(15-18)32(3)16-21(17-35-24)31-26(33)22-14-19(9-12-29-22)13-20-5-4-11-30-25(20)28/h4-7,9,11-12,14-15,21,34H,13,16-17H2,1-3H3,(H,31,33)/t21-/m1/s1. The van der Waals surface area contributed by atoms with Crippen LogP contribution in [0.4, 0.5) is 10.1 Å². The highest BCUT2D eigenvalue weighted by Gasteiger charge is 2.23. The number of aliphatic hydroxyl groups is 1. The van der Waals surface area contributed by atoms with Crippen molar-refractivity contribution in [3.05, 3.63) is 83.2 Å². The molecule has 1 aliphatic rings. The fraction of sp³-hybridized carbons (Fsp3) is 0.296. The first-order chi connectivity index (χ1) is 16.7. The van der Waals surface area contributed by atoms with Crippen molar-refractivity contribution in [1.29, 1.82) is 0 Å². The van der Waals surface area contributed by atoms with Crippen molar-refractivity contribution in [1.82, 2.24) is 15.3 Å². The number of carbonyl (C=O) groups is 1. The molecule has 1 aromatic carbocycles. The Hall–Kier alpha value is -3.96. The van der Waals surface area contributed by atoms with Crippen molar-refractivity contribution in [2.75, 3.05) is 25.1 Å². The lowest BCUT2D eigenvalue weighted by molar-refractivity contribution is 0.0920. The molecule has 0 saturated heterocycles. The van der Waals surface area contributed by atoms with Crippen LogP contribution in [0.5, 0.6) is 5.75 Å². The van der Waals surface area contributed by atoms with E-state index in [0.29, 0.717) is 30.9 Å². The van der Waals surface area contributed by atoms with Gasteiger partial charge in [-0.25, -0.2) is 4.98 Å². The number of nitrogens with zero attached hydrogens (tertiary/aromatic N) is 3. The second-order valence-electron chi connectivity index (χ2n) is 9.03. The van der Waals surface area contributed by atoms with Gasteiger partial charge in [0.05, 0.1) is 11.7 Å². The number of ether oxygens (including phenoxy) is 1. The normalized spacial score (nSPS) is 15.2. The molecule has 2 N–H and O–H groups in total. The van der Waals surface area contributed by atoms with Gasteiger partial charge in [-0.05, 0) is 55.8 Å². The molecule has 0 aliphatic carbocycles. The fourth-order valence-electron chi connectivity index (χ4n) is 3.74. The second-order valence-corrected chi connectivity index (χ2v) is 9.03. The molecule has 3 aromatic rings. The predicted molar refractivity (Wildman–Crippen MR) is 131 cm³/mol. The Morgan fingerprint density at radius 1 is 1.26 bits per heavy atom. The zero-order valence-corrected chi connectivity index (χ0v) is 19.9. The third-order valence-electron chi connectivity index (χ3n) is 5.44. The van der Waals surface area contributed by atoms with Gasteiger partial charge in [-0.3, -0.25) is 9.78 Å². The second kappa shape index (κ2) is 10.1. The highest BCUT2D eigenvalue weighted by Crippen LogP contribution is 2.31. The van der Waals surface area contributed by atoms with E-state index in [2.05, 4.69) is 27.1 Å². The molecule has 1 atom stereocenters. The summed E-state index contributed by atoms with van der Waals surface area (Å²) in [5.41, 5.74) is 1.99.